The van der Waals surface area contributed by atoms with Gasteiger partial charge >= 0.3 is 0 Å². The highest BCUT2D eigenvalue weighted by atomic mass is 16.1. The number of allylic oxidation sites excluding steroid dienone is 3. The number of nitrogens with two attached hydrogens (primary N) is 1. The molecule has 4 aliphatic carbocycles. The first-order chi connectivity index (χ1) is 9.95. The minimum atomic E-state index is -0.00237. The van der Waals surface area contributed by atoms with Crippen molar-refractivity contribution in [2.75, 3.05) is 0 Å². The SMILES string of the molecule is C[C@]12C=CC(N)=CC1CC[C@@H]1[C@@H]2CC[C@]2(C)C(=O)CC[C@@H]12. The van der Waals surface area contributed by atoms with E-state index in [0.29, 0.717) is 17.6 Å². The molecular formula is C19H27NO. The van der Waals surface area contributed by atoms with Crippen LogP contribution in [0.25, 0.3) is 0 Å². The van der Waals surface area contributed by atoms with Gasteiger partial charge in [-0.15, -0.1) is 0 Å². The van der Waals surface area contributed by atoms with Crippen molar-refractivity contribution in [1.29, 1.82) is 0 Å². The van der Waals surface area contributed by atoms with Gasteiger partial charge in [-0.05, 0) is 67.3 Å². The molecule has 0 heterocycles. The molecule has 3 fully saturated rings. The van der Waals surface area contributed by atoms with Crippen molar-refractivity contribution in [1.82, 2.24) is 0 Å². The molecule has 0 bridgehead atoms. The summed E-state index contributed by atoms with van der Waals surface area (Å²) < 4.78 is 0. The Bertz CT molecular complexity index is 548. The van der Waals surface area contributed by atoms with Crippen LogP contribution in [0.5, 0.6) is 0 Å². The maximum atomic E-state index is 12.4. The van der Waals surface area contributed by atoms with E-state index in [2.05, 4.69) is 32.1 Å². The Morgan fingerprint density at radius 3 is 2.76 bits per heavy atom. The van der Waals surface area contributed by atoms with E-state index >= 15 is 0 Å². The van der Waals surface area contributed by atoms with E-state index in [9.17, 15) is 4.79 Å². The van der Waals surface area contributed by atoms with Crippen molar-refractivity contribution in [2.24, 2.45) is 40.2 Å². The van der Waals surface area contributed by atoms with E-state index < -0.39 is 0 Å². The van der Waals surface area contributed by atoms with E-state index in [1.807, 2.05) is 0 Å². The third-order valence-electron chi connectivity index (χ3n) is 7.58. The van der Waals surface area contributed by atoms with Gasteiger partial charge in [0, 0.05) is 17.5 Å². The number of rotatable bonds is 0. The van der Waals surface area contributed by atoms with Crippen molar-refractivity contribution in [3.63, 3.8) is 0 Å². The van der Waals surface area contributed by atoms with Crippen molar-refractivity contribution >= 4 is 5.78 Å². The summed E-state index contributed by atoms with van der Waals surface area (Å²) in [6, 6.07) is 0. The number of hydrogen-bond acceptors (Lipinski definition) is 2. The van der Waals surface area contributed by atoms with Gasteiger partial charge in [0.15, 0.2) is 0 Å². The second kappa shape index (κ2) is 4.24. The van der Waals surface area contributed by atoms with Gasteiger partial charge in [-0.25, -0.2) is 0 Å². The average Bonchev–Trinajstić information content (AvgIpc) is 2.76. The monoisotopic (exact) mass is 285 g/mol. The number of ketones is 1. The maximum Gasteiger partial charge on any atom is 0.139 e. The van der Waals surface area contributed by atoms with E-state index in [1.54, 1.807) is 0 Å². The van der Waals surface area contributed by atoms with E-state index in [4.69, 9.17) is 5.73 Å². The molecule has 0 amide bonds. The molecule has 0 radical (unpaired) electrons. The lowest BCUT2D eigenvalue weighted by Gasteiger charge is -2.57. The zero-order valence-corrected chi connectivity index (χ0v) is 13.3. The van der Waals surface area contributed by atoms with Crippen LogP contribution in [-0.2, 0) is 4.79 Å². The van der Waals surface area contributed by atoms with Crippen LogP contribution in [0.15, 0.2) is 23.9 Å². The summed E-state index contributed by atoms with van der Waals surface area (Å²) in [6.45, 7) is 4.69. The summed E-state index contributed by atoms with van der Waals surface area (Å²) in [7, 11) is 0. The predicted molar refractivity (Wildman–Crippen MR) is 84.3 cm³/mol. The molecule has 0 saturated heterocycles. The van der Waals surface area contributed by atoms with Gasteiger partial charge in [0.2, 0.25) is 0 Å². The molecule has 2 heteroatoms. The summed E-state index contributed by atoms with van der Waals surface area (Å²) in [5.74, 6) is 3.26. The molecule has 2 N–H and O–H groups in total. The summed E-state index contributed by atoms with van der Waals surface area (Å²) in [6.07, 6.45) is 13.6. The van der Waals surface area contributed by atoms with Gasteiger partial charge < -0.3 is 5.73 Å². The van der Waals surface area contributed by atoms with Gasteiger partial charge in [-0.2, -0.15) is 0 Å². The van der Waals surface area contributed by atoms with Crippen molar-refractivity contribution < 1.29 is 4.79 Å². The van der Waals surface area contributed by atoms with Crippen LogP contribution in [0.3, 0.4) is 0 Å². The standard InChI is InChI=1S/C19H27NO/c1-18-9-7-13(20)11-12(18)3-4-14-15-5-6-17(21)19(15,2)10-8-16(14)18/h7,9,11-12,14-16H,3-6,8,10,20H2,1-2H3/t12?,14-,15-,16-,18-,19-/m0/s1. The molecule has 4 aliphatic rings. The molecule has 3 saturated carbocycles. The molecule has 0 aliphatic heterocycles. The fourth-order valence-electron chi connectivity index (χ4n) is 6.27. The Morgan fingerprint density at radius 1 is 1.14 bits per heavy atom. The van der Waals surface area contributed by atoms with Gasteiger partial charge in [-0.1, -0.05) is 26.0 Å². The molecule has 0 aromatic heterocycles. The number of Topliss-reactive ketones (excluding diaryl/α,β-unsaturated/α-hetero) is 1. The van der Waals surface area contributed by atoms with E-state index in [1.165, 1.54) is 19.3 Å². The van der Waals surface area contributed by atoms with Crippen LogP contribution in [0.1, 0.15) is 52.4 Å². The Hall–Kier alpha value is -1.05. The Kier molecular flexibility index (Phi) is 2.75. The fraction of sp³-hybridized carbons (Fsp3) is 0.737. The van der Waals surface area contributed by atoms with E-state index in [0.717, 1.165) is 36.8 Å². The predicted octanol–water partition coefficient (Wildman–Crippen LogP) is 3.83. The minimum Gasteiger partial charge on any atom is -0.399 e. The van der Waals surface area contributed by atoms with Gasteiger partial charge in [0.25, 0.3) is 0 Å². The van der Waals surface area contributed by atoms with Gasteiger partial charge in [0.1, 0.15) is 5.78 Å². The largest absolute Gasteiger partial charge is 0.399 e. The zero-order valence-electron chi connectivity index (χ0n) is 13.3. The highest BCUT2D eigenvalue weighted by molar-refractivity contribution is 5.87. The molecule has 0 spiro atoms. The van der Waals surface area contributed by atoms with Crippen LogP contribution in [0.2, 0.25) is 0 Å². The first kappa shape index (κ1) is 13.6. The molecular weight excluding hydrogens is 258 g/mol. The van der Waals surface area contributed by atoms with Gasteiger partial charge in [0.05, 0.1) is 0 Å². The van der Waals surface area contributed by atoms with Crippen LogP contribution in [0.4, 0.5) is 0 Å². The van der Waals surface area contributed by atoms with Crippen LogP contribution in [-0.4, -0.2) is 5.78 Å². The molecule has 0 aromatic carbocycles. The minimum absolute atomic E-state index is 0.00237. The lowest BCUT2D eigenvalue weighted by molar-refractivity contribution is -0.133. The second-order valence-corrected chi connectivity index (χ2v) is 8.34. The summed E-state index contributed by atoms with van der Waals surface area (Å²) >= 11 is 0. The van der Waals surface area contributed by atoms with Crippen molar-refractivity contribution in [2.45, 2.75) is 52.4 Å². The average molecular weight is 285 g/mol. The topological polar surface area (TPSA) is 43.1 Å². The first-order valence-electron chi connectivity index (χ1n) is 8.65. The van der Waals surface area contributed by atoms with E-state index in [-0.39, 0.29) is 10.8 Å². The molecule has 0 aromatic rings. The Labute approximate surface area is 127 Å². The number of carbonyl (C=O) groups is 1. The first-order valence-corrected chi connectivity index (χ1v) is 8.65. The molecule has 4 rings (SSSR count). The molecule has 6 atom stereocenters. The van der Waals surface area contributed by atoms with Crippen molar-refractivity contribution in [3.05, 3.63) is 23.9 Å². The third kappa shape index (κ3) is 1.68. The number of fused-ring (bicyclic) bond motifs is 5. The summed E-state index contributed by atoms with van der Waals surface area (Å²) in [4.78, 5) is 12.4. The molecule has 1 unspecified atom stereocenters. The lowest BCUT2D eigenvalue weighted by Crippen LogP contribution is -2.51. The van der Waals surface area contributed by atoms with Crippen LogP contribution in [0, 0.1) is 34.5 Å². The highest BCUT2D eigenvalue weighted by Crippen LogP contribution is 2.63. The zero-order chi connectivity index (χ0) is 14.8. The molecule has 2 nitrogen and oxygen atoms in total. The van der Waals surface area contributed by atoms with Crippen molar-refractivity contribution in [3.8, 4) is 0 Å². The highest BCUT2D eigenvalue weighted by Gasteiger charge is 2.58. The third-order valence-corrected chi connectivity index (χ3v) is 7.58. The number of carbonyl (C=O) groups excluding carboxylic acids is 1. The lowest BCUT2D eigenvalue weighted by atomic mass is 9.47. The summed E-state index contributed by atoms with van der Waals surface area (Å²) in [5.41, 5.74) is 7.22. The Balaban J connectivity index is 1.69. The normalized spacial score (nSPS) is 51.9. The smallest absolute Gasteiger partial charge is 0.139 e. The summed E-state index contributed by atoms with van der Waals surface area (Å²) in [5, 5.41) is 0. The molecule has 21 heavy (non-hydrogen) atoms. The molecule has 114 valence electrons. The van der Waals surface area contributed by atoms with Crippen LogP contribution < -0.4 is 5.73 Å². The quantitative estimate of drug-likeness (QED) is 0.735. The van der Waals surface area contributed by atoms with Gasteiger partial charge in [-0.3, -0.25) is 4.79 Å². The second-order valence-electron chi connectivity index (χ2n) is 8.34. The van der Waals surface area contributed by atoms with Crippen LogP contribution >= 0.6 is 0 Å². The number of hydrogen-bond donors (Lipinski definition) is 1. The Morgan fingerprint density at radius 2 is 1.95 bits per heavy atom. The fourth-order valence-corrected chi connectivity index (χ4v) is 6.27. The maximum absolute atomic E-state index is 12.4.